The summed E-state index contributed by atoms with van der Waals surface area (Å²) >= 11 is 0. The summed E-state index contributed by atoms with van der Waals surface area (Å²) in [4.78, 5) is 0. The molecular weight excluding hydrogens is 196 g/mol. The SMILES string of the molecule is CCC1CCC(CC)C2(C)NCC(C)C1N2. The summed E-state index contributed by atoms with van der Waals surface area (Å²) in [7, 11) is 0. The van der Waals surface area contributed by atoms with Gasteiger partial charge in [0.1, 0.15) is 0 Å². The molecular formula is C14H28N2. The largest absolute Gasteiger partial charge is 0.299 e. The molecule has 0 aliphatic carbocycles. The maximum Gasteiger partial charge on any atom is 0.0689 e. The highest BCUT2D eigenvalue weighted by Crippen LogP contribution is 2.37. The zero-order valence-electron chi connectivity index (χ0n) is 11.3. The lowest BCUT2D eigenvalue weighted by molar-refractivity contribution is 0.0914. The van der Waals surface area contributed by atoms with Gasteiger partial charge in [0, 0.05) is 12.6 Å². The second-order valence-corrected chi connectivity index (χ2v) is 6.08. The van der Waals surface area contributed by atoms with Crippen molar-refractivity contribution in [1.29, 1.82) is 0 Å². The number of hydrogen-bond acceptors (Lipinski definition) is 2. The normalized spacial score (nSPS) is 48.8. The van der Waals surface area contributed by atoms with E-state index in [9.17, 15) is 0 Å². The van der Waals surface area contributed by atoms with Crippen LogP contribution in [0, 0.1) is 17.8 Å². The van der Waals surface area contributed by atoms with E-state index in [4.69, 9.17) is 0 Å². The topological polar surface area (TPSA) is 24.1 Å². The maximum atomic E-state index is 3.93. The van der Waals surface area contributed by atoms with E-state index in [1.165, 1.54) is 32.2 Å². The first kappa shape index (κ1) is 12.4. The average molecular weight is 224 g/mol. The standard InChI is InChI=1S/C14H28N2/c1-5-11-7-8-12(6-2)14(4)15-9-10(3)13(11)16-14/h10-13,15-16H,5-9H2,1-4H3. The van der Waals surface area contributed by atoms with Crippen LogP contribution in [-0.2, 0) is 0 Å². The van der Waals surface area contributed by atoms with E-state index in [1.54, 1.807) is 0 Å². The van der Waals surface area contributed by atoms with Gasteiger partial charge in [-0.3, -0.25) is 10.6 Å². The minimum absolute atomic E-state index is 0.190. The summed E-state index contributed by atoms with van der Waals surface area (Å²) in [6.07, 6.45) is 5.41. The Balaban J connectivity index is 2.21. The minimum Gasteiger partial charge on any atom is -0.299 e. The van der Waals surface area contributed by atoms with Gasteiger partial charge in [-0.15, -0.1) is 0 Å². The number of nitrogens with one attached hydrogen (secondary N) is 2. The van der Waals surface area contributed by atoms with Crippen molar-refractivity contribution in [3.05, 3.63) is 0 Å². The first-order chi connectivity index (χ1) is 7.60. The zero-order valence-corrected chi connectivity index (χ0v) is 11.3. The van der Waals surface area contributed by atoms with Crippen molar-refractivity contribution in [2.24, 2.45) is 17.8 Å². The molecule has 2 saturated heterocycles. The average Bonchev–Trinajstić information content (AvgIpc) is 2.39. The molecule has 5 atom stereocenters. The smallest absolute Gasteiger partial charge is 0.0689 e. The molecule has 2 aliphatic rings. The fourth-order valence-corrected chi connectivity index (χ4v) is 3.84. The van der Waals surface area contributed by atoms with Crippen molar-refractivity contribution in [2.45, 2.75) is 65.1 Å². The maximum absolute atomic E-state index is 3.93. The van der Waals surface area contributed by atoms with Crippen LogP contribution in [0.1, 0.15) is 53.4 Å². The molecule has 94 valence electrons. The van der Waals surface area contributed by atoms with Crippen LogP contribution in [0.2, 0.25) is 0 Å². The Morgan fingerprint density at radius 1 is 1.19 bits per heavy atom. The Kier molecular flexibility index (Phi) is 3.60. The summed E-state index contributed by atoms with van der Waals surface area (Å²) in [6, 6.07) is 0.729. The van der Waals surface area contributed by atoms with Gasteiger partial charge in [-0.25, -0.2) is 0 Å². The third-order valence-corrected chi connectivity index (χ3v) is 5.10. The molecule has 0 saturated carbocycles. The first-order valence-electron chi connectivity index (χ1n) is 7.13. The Morgan fingerprint density at radius 2 is 1.94 bits per heavy atom. The monoisotopic (exact) mass is 224 g/mol. The molecule has 2 aliphatic heterocycles. The quantitative estimate of drug-likeness (QED) is 0.753. The van der Waals surface area contributed by atoms with Crippen molar-refractivity contribution in [2.75, 3.05) is 6.54 Å². The zero-order chi connectivity index (χ0) is 11.8. The molecule has 5 unspecified atom stereocenters. The highest BCUT2D eigenvalue weighted by Gasteiger charge is 2.44. The summed E-state index contributed by atoms with van der Waals surface area (Å²) in [5.74, 6) is 2.45. The second kappa shape index (κ2) is 4.66. The predicted octanol–water partition coefficient (Wildman–Crippen LogP) is 2.75. The van der Waals surface area contributed by atoms with E-state index in [0.29, 0.717) is 0 Å². The fraction of sp³-hybridized carbons (Fsp3) is 1.00. The highest BCUT2D eigenvalue weighted by atomic mass is 15.2. The molecule has 0 aromatic rings. The Hall–Kier alpha value is -0.0800. The van der Waals surface area contributed by atoms with Gasteiger partial charge < -0.3 is 0 Å². The van der Waals surface area contributed by atoms with Crippen LogP contribution < -0.4 is 10.6 Å². The van der Waals surface area contributed by atoms with Gasteiger partial charge in [0.05, 0.1) is 5.66 Å². The summed E-state index contributed by atoms with van der Waals surface area (Å²) in [5, 5.41) is 7.68. The molecule has 0 spiro atoms. The van der Waals surface area contributed by atoms with Gasteiger partial charge in [0.2, 0.25) is 0 Å². The summed E-state index contributed by atoms with van der Waals surface area (Å²) < 4.78 is 0. The van der Waals surface area contributed by atoms with Gasteiger partial charge in [-0.2, -0.15) is 0 Å². The molecule has 2 heteroatoms. The van der Waals surface area contributed by atoms with E-state index >= 15 is 0 Å². The van der Waals surface area contributed by atoms with Crippen molar-refractivity contribution in [1.82, 2.24) is 10.6 Å². The van der Waals surface area contributed by atoms with Crippen LogP contribution in [0.4, 0.5) is 0 Å². The molecule has 0 amide bonds. The lowest BCUT2D eigenvalue weighted by atomic mass is 9.84. The van der Waals surface area contributed by atoms with E-state index < -0.39 is 0 Å². The Morgan fingerprint density at radius 3 is 2.56 bits per heavy atom. The van der Waals surface area contributed by atoms with Gasteiger partial charge in [0.15, 0.2) is 0 Å². The molecule has 0 aromatic heterocycles. The van der Waals surface area contributed by atoms with Crippen LogP contribution in [0.5, 0.6) is 0 Å². The molecule has 2 bridgehead atoms. The molecule has 2 N–H and O–H groups in total. The Bertz CT molecular complexity index is 241. The van der Waals surface area contributed by atoms with Crippen LogP contribution in [0.25, 0.3) is 0 Å². The first-order valence-corrected chi connectivity index (χ1v) is 7.13. The van der Waals surface area contributed by atoms with E-state index in [2.05, 4.69) is 38.3 Å². The van der Waals surface area contributed by atoms with E-state index in [0.717, 1.165) is 23.8 Å². The third kappa shape index (κ3) is 2.02. The van der Waals surface area contributed by atoms with Crippen LogP contribution in [-0.4, -0.2) is 18.2 Å². The van der Waals surface area contributed by atoms with E-state index in [-0.39, 0.29) is 5.66 Å². The van der Waals surface area contributed by atoms with Crippen molar-refractivity contribution < 1.29 is 0 Å². The van der Waals surface area contributed by atoms with Gasteiger partial charge in [0.25, 0.3) is 0 Å². The molecule has 0 radical (unpaired) electrons. The predicted molar refractivity (Wildman–Crippen MR) is 69.3 cm³/mol. The number of rotatable bonds is 2. The molecule has 16 heavy (non-hydrogen) atoms. The Labute approximate surface area is 101 Å². The van der Waals surface area contributed by atoms with Crippen molar-refractivity contribution >= 4 is 0 Å². The number of hydrogen-bond donors (Lipinski definition) is 2. The summed E-state index contributed by atoms with van der Waals surface area (Å²) in [6.45, 7) is 10.6. The second-order valence-electron chi connectivity index (χ2n) is 6.08. The van der Waals surface area contributed by atoms with Gasteiger partial charge >= 0.3 is 0 Å². The van der Waals surface area contributed by atoms with Crippen molar-refractivity contribution in [3.63, 3.8) is 0 Å². The number of fused-ring (bicyclic) bond motifs is 2. The van der Waals surface area contributed by atoms with E-state index in [1.807, 2.05) is 0 Å². The molecule has 2 heterocycles. The molecule has 2 rings (SSSR count). The van der Waals surface area contributed by atoms with Crippen LogP contribution >= 0.6 is 0 Å². The molecule has 0 aromatic carbocycles. The molecule has 2 nitrogen and oxygen atoms in total. The third-order valence-electron chi connectivity index (χ3n) is 5.10. The minimum atomic E-state index is 0.190. The lowest BCUT2D eigenvalue weighted by Gasteiger charge is -2.47. The van der Waals surface area contributed by atoms with Crippen LogP contribution in [0.3, 0.4) is 0 Å². The summed E-state index contributed by atoms with van der Waals surface area (Å²) in [5.41, 5.74) is 0.190. The van der Waals surface area contributed by atoms with Crippen molar-refractivity contribution in [3.8, 4) is 0 Å². The molecule has 2 fully saturated rings. The highest BCUT2D eigenvalue weighted by molar-refractivity contribution is 5.01. The van der Waals surface area contributed by atoms with Gasteiger partial charge in [-0.1, -0.05) is 33.6 Å². The lowest BCUT2D eigenvalue weighted by Crippen LogP contribution is -2.68. The van der Waals surface area contributed by atoms with Gasteiger partial charge in [-0.05, 0) is 37.5 Å². The fourth-order valence-electron chi connectivity index (χ4n) is 3.84. The van der Waals surface area contributed by atoms with Crippen LogP contribution in [0.15, 0.2) is 0 Å².